The van der Waals surface area contributed by atoms with Gasteiger partial charge in [-0.1, -0.05) is 39.7 Å². The van der Waals surface area contributed by atoms with E-state index in [1.165, 1.54) is 36.3 Å². The first kappa shape index (κ1) is 19.3. The van der Waals surface area contributed by atoms with Crippen LogP contribution in [0.2, 0.25) is 5.02 Å². The van der Waals surface area contributed by atoms with Gasteiger partial charge in [0.1, 0.15) is 5.82 Å². The molecule has 27 heavy (non-hydrogen) atoms. The zero-order valence-corrected chi connectivity index (χ0v) is 16.8. The van der Waals surface area contributed by atoms with E-state index < -0.39 is 17.7 Å². The van der Waals surface area contributed by atoms with Crippen LogP contribution in [0.4, 0.5) is 10.1 Å². The van der Waals surface area contributed by atoms with Crippen molar-refractivity contribution in [1.82, 2.24) is 0 Å². The number of esters is 1. The molecule has 0 bridgehead atoms. The lowest BCUT2D eigenvalue weighted by Crippen LogP contribution is -2.24. The molecule has 4 nitrogen and oxygen atoms in total. The summed E-state index contributed by atoms with van der Waals surface area (Å²) in [6.45, 7) is 1.63. The predicted octanol–water partition coefficient (Wildman–Crippen LogP) is 5.12. The Bertz CT molecular complexity index is 996. The Morgan fingerprint density at radius 3 is 2.59 bits per heavy atom. The van der Waals surface area contributed by atoms with E-state index in [1.807, 2.05) is 6.07 Å². The number of allylic oxidation sites excluding steroid dienone is 1. The maximum absolute atomic E-state index is 14.2. The molecule has 0 unspecified atom stereocenters. The van der Waals surface area contributed by atoms with Crippen molar-refractivity contribution < 1.29 is 18.7 Å². The summed E-state index contributed by atoms with van der Waals surface area (Å²) in [5.41, 5.74) is 1.08. The summed E-state index contributed by atoms with van der Waals surface area (Å²) in [5, 5.41) is 0.137. The molecule has 2 aromatic carbocycles. The van der Waals surface area contributed by atoms with Gasteiger partial charge in [0.05, 0.1) is 29.0 Å². The van der Waals surface area contributed by atoms with Gasteiger partial charge >= 0.3 is 5.97 Å². The van der Waals surface area contributed by atoms with E-state index in [-0.39, 0.29) is 21.7 Å². The fraction of sp³-hybridized carbons (Fsp3) is 0.100. The van der Waals surface area contributed by atoms with Gasteiger partial charge in [-0.3, -0.25) is 9.69 Å². The summed E-state index contributed by atoms with van der Waals surface area (Å²) >= 11 is 9.45. The first-order valence-electron chi connectivity index (χ1n) is 7.90. The Hall–Kier alpha value is -2.44. The molecule has 0 saturated heterocycles. The third-order valence-corrected chi connectivity index (χ3v) is 4.97. The van der Waals surface area contributed by atoms with E-state index in [0.29, 0.717) is 11.4 Å². The molecule has 0 fully saturated rings. The summed E-state index contributed by atoms with van der Waals surface area (Å²) in [4.78, 5) is 26.8. The minimum Gasteiger partial charge on any atom is -0.465 e. The standard InChI is InChI=1S/C20H14BrClFNO3/c1-11-18(20(26)27-2)15(10-14-16(22)7-4-8-17(14)23)19(25)24(11)13-6-3-5-12(21)9-13/h3-10H,1-2H3/b15-10+. The fourth-order valence-corrected chi connectivity index (χ4v) is 3.50. The van der Waals surface area contributed by atoms with Crippen molar-refractivity contribution in [2.75, 3.05) is 12.0 Å². The Kier molecular flexibility index (Phi) is 5.48. The first-order valence-corrected chi connectivity index (χ1v) is 9.07. The van der Waals surface area contributed by atoms with E-state index in [2.05, 4.69) is 15.9 Å². The molecule has 1 amide bonds. The van der Waals surface area contributed by atoms with Gasteiger partial charge in [-0.15, -0.1) is 0 Å². The average molecular weight is 451 g/mol. The number of hydrogen-bond acceptors (Lipinski definition) is 3. The van der Waals surface area contributed by atoms with E-state index in [1.54, 1.807) is 25.1 Å². The summed E-state index contributed by atoms with van der Waals surface area (Å²) < 4.78 is 19.8. The lowest BCUT2D eigenvalue weighted by atomic mass is 10.0. The number of amides is 1. The number of halogens is 3. The number of anilines is 1. The minimum atomic E-state index is -0.683. The largest absolute Gasteiger partial charge is 0.465 e. The lowest BCUT2D eigenvalue weighted by Gasteiger charge is -2.18. The van der Waals surface area contributed by atoms with Crippen LogP contribution in [-0.4, -0.2) is 19.0 Å². The van der Waals surface area contributed by atoms with Crippen LogP contribution in [-0.2, 0) is 14.3 Å². The number of rotatable bonds is 3. The van der Waals surface area contributed by atoms with E-state index in [4.69, 9.17) is 16.3 Å². The molecule has 3 rings (SSSR count). The van der Waals surface area contributed by atoms with Crippen LogP contribution in [0, 0.1) is 5.82 Å². The van der Waals surface area contributed by atoms with Crippen molar-refractivity contribution in [3.05, 3.63) is 80.2 Å². The van der Waals surface area contributed by atoms with Gasteiger partial charge < -0.3 is 4.74 Å². The van der Waals surface area contributed by atoms with Gasteiger partial charge in [-0.05, 0) is 43.3 Å². The zero-order chi connectivity index (χ0) is 19.7. The van der Waals surface area contributed by atoms with Crippen LogP contribution < -0.4 is 4.90 Å². The van der Waals surface area contributed by atoms with Crippen molar-refractivity contribution in [1.29, 1.82) is 0 Å². The number of benzene rings is 2. The van der Waals surface area contributed by atoms with Crippen molar-refractivity contribution >= 4 is 51.2 Å². The Balaban J connectivity index is 2.21. The van der Waals surface area contributed by atoms with Crippen LogP contribution >= 0.6 is 27.5 Å². The molecule has 138 valence electrons. The molecule has 0 N–H and O–H groups in total. The number of hydrogen-bond donors (Lipinski definition) is 0. The third kappa shape index (κ3) is 3.55. The SMILES string of the molecule is COC(=O)C1=C(C)N(c2cccc(Br)c2)C(=O)/C1=C/c1c(F)cccc1Cl. The molecule has 7 heteroatoms. The summed E-state index contributed by atoms with van der Waals surface area (Å²) in [6, 6.07) is 11.3. The number of nitrogens with zero attached hydrogens (tertiary/aromatic N) is 1. The average Bonchev–Trinajstić information content (AvgIpc) is 2.87. The molecule has 1 aliphatic heterocycles. The van der Waals surface area contributed by atoms with E-state index in [0.717, 1.165) is 4.47 Å². The predicted molar refractivity (Wildman–Crippen MR) is 106 cm³/mol. The van der Waals surface area contributed by atoms with Crippen LogP contribution in [0.25, 0.3) is 6.08 Å². The second kappa shape index (κ2) is 7.66. The molecular weight excluding hydrogens is 437 g/mol. The second-order valence-electron chi connectivity index (χ2n) is 5.77. The topological polar surface area (TPSA) is 46.6 Å². The Morgan fingerprint density at radius 1 is 1.26 bits per heavy atom. The summed E-state index contributed by atoms with van der Waals surface area (Å²) in [5.74, 6) is -1.74. The van der Waals surface area contributed by atoms with Gasteiger partial charge in [-0.25, -0.2) is 9.18 Å². The van der Waals surface area contributed by atoms with Gasteiger partial charge in [0.25, 0.3) is 5.91 Å². The minimum absolute atomic E-state index is 0.0197. The maximum atomic E-state index is 14.2. The van der Waals surface area contributed by atoms with Crippen LogP contribution in [0.1, 0.15) is 12.5 Å². The normalized spacial score (nSPS) is 15.7. The quantitative estimate of drug-likeness (QED) is 0.482. The molecule has 0 saturated carbocycles. The number of carbonyl (C=O) groups is 2. The number of methoxy groups -OCH3 is 1. The van der Waals surface area contributed by atoms with Crippen LogP contribution in [0.5, 0.6) is 0 Å². The molecule has 2 aromatic rings. The van der Waals surface area contributed by atoms with Crippen molar-refractivity contribution in [3.63, 3.8) is 0 Å². The van der Waals surface area contributed by atoms with Gasteiger partial charge in [0, 0.05) is 15.7 Å². The fourth-order valence-electron chi connectivity index (χ4n) is 2.90. The summed E-state index contributed by atoms with van der Waals surface area (Å²) in [7, 11) is 1.22. The molecule has 0 atom stereocenters. The molecular formula is C20H14BrClFNO3. The molecule has 0 spiro atoms. The van der Waals surface area contributed by atoms with Crippen LogP contribution in [0.15, 0.2) is 63.8 Å². The number of carbonyl (C=O) groups excluding carboxylic acids is 2. The van der Waals surface area contributed by atoms with Crippen molar-refractivity contribution in [2.45, 2.75) is 6.92 Å². The highest BCUT2D eigenvalue weighted by molar-refractivity contribution is 9.10. The molecule has 0 radical (unpaired) electrons. The molecule has 1 aliphatic rings. The van der Waals surface area contributed by atoms with E-state index in [9.17, 15) is 14.0 Å². The van der Waals surface area contributed by atoms with Gasteiger partial charge in [-0.2, -0.15) is 0 Å². The second-order valence-corrected chi connectivity index (χ2v) is 7.09. The summed E-state index contributed by atoms with van der Waals surface area (Å²) in [6.07, 6.45) is 1.29. The highest BCUT2D eigenvalue weighted by Crippen LogP contribution is 2.37. The highest BCUT2D eigenvalue weighted by atomic mass is 79.9. The smallest absolute Gasteiger partial charge is 0.340 e. The molecule has 1 heterocycles. The molecule has 0 aromatic heterocycles. The Morgan fingerprint density at radius 2 is 1.96 bits per heavy atom. The third-order valence-electron chi connectivity index (χ3n) is 4.14. The van der Waals surface area contributed by atoms with Gasteiger partial charge in [0.2, 0.25) is 0 Å². The zero-order valence-electron chi connectivity index (χ0n) is 14.4. The monoisotopic (exact) mass is 449 g/mol. The van der Waals surface area contributed by atoms with Gasteiger partial charge in [0.15, 0.2) is 0 Å². The highest BCUT2D eigenvalue weighted by Gasteiger charge is 2.38. The van der Waals surface area contributed by atoms with Crippen molar-refractivity contribution in [2.24, 2.45) is 0 Å². The van der Waals surface area contributed by atoms with Crippen LogP contribution in [0.3, 0.4) is 0 Å². The first-order chi connectivity index (χ1) is 12.8. The number of ether oxygens (including phenoxy) is 1. The lowest BCUT2D eigenvalue weighted by molar-refractivity contribution is -0.136. The maximum Gasteiger partial charge on any atom is 0.340 e. The van der Waals surface area contributed by atoms with E-state index >= 15 is 0 Å². The molecule has 0 aliphatic carbocycles. The van der Waals surface area contributed by atoms with Crippen molar-refractivity contribution in [3.8, 4) is 0 Å². The Labute approximate surface area is 169 Å².